The minimum atomic E-state index is 0.954. The third kappa shape index (κ3) is 1.42. The molecule has 0 radical (unpaired) electrons. The number of aryl methyl sites for hydroxylation is 2. The second kappa shape index (κ2) is 2.78. The molecule has 0 spiro atoms. The Hall–Kier alpha value is -1.25. The Balaban J connectivity index is 3.50. The zero-order valence-corrected chi connectivity index (χ0v) is 7.00. The zero-order valence-electron chi connectivity index (χ0n) is 7.00. The molecule has 0 bridgehead atoms. The molecular weight excluding hydrogens is 140 g/mol. The van der Waals surface area contributed by atoms with Crippen LogP contribution in [0, 0.1) is 13.8 Å². The van der Waals surface area contributed by atoms with Crippen molar-refractivity contribution < 1.29 is 5.21 Å². The van der Waals surface area contributed by atoms with E-state index in [2.05, 4.69) is 4.99 Å². The zero-order chi connectivity index (χ0) is 8.43. The number of hydrogen-bond acceptors (Lipinski definition) is 2. The SMILES string of the molecule is CN=c1c(C)cn(O)cc1C. The molecule has 0 aliphatic heterocycles. The van der Waals surface area contributed by atoms with E-state index in [-0.39, 0.29) is 0 Å². The average Bonchev–Trinajstić information content (AvgIpc) is 1.85. The first-order valence-electron chi connectivity index (χ1n) is 3.46. The highest BCUT2D eigenvalue weighted by molar-refractivity contribution is 5.15. The minimum absolute atomic E-state index is 0.954. The van der Waals surface area contributed by atoms with Crippen LogP contribution in [-0.2, 0) is 0 Å². The Morgan fingerprint density at radius 1 is 1.27 bits per heavy atom. The van der Waals surface area contributed by atoms with Gasteiger partial charge in [0.2, 0.25) is 0 Å². The first-order chi connectivity index (χ1) is 5.15. The van der Waals surface area contributed by atoms with E-state index >= 15 is 0 Å². The van der Waals surface area contributed by atoms with Gasteiger partial charge in [-0.25, -0.2) is 4.73 Å². The van der Waals surface area contributed by atoms with Crippen molar-refractivity contribution in [3.63, 3.8) is 0 Å². The Morgan fingerprint density at radius 2 is 1.73 bits per heavy atom. The number of nitrogens with zero attached hydrogens (tertiary/aromatic N) is 2. The Labute approximate surface area is 65.6 Å². The van der Waals surface area contributed by atoms with Crippen LogP contribution >= 0.6 is 0 Å². The van der Waals surface area contributed by atoms with E-state index in [9.17, 15) is 0 Å². The maximum absolute atomic E-state index is 9.09. The van der Waals surface area contributed by atoms with Crippen molar-refractivity contribution in [1.82, 2.24) is 4.73 Å². The molecule has 3 nitrogen and oxygen atoms in total. The van der Waals surface area contributed by atoms with E-state index < -0.39 is 0 Å². The normalized spacial score (nSPS) is 9.73. The van der Waals surface area contributed by atoms with Crippen molar-refractivity contribution in [2.24, 2.45) is 4.99 Å². The highest BCUT2D eigenvalue weighted by Crippen LogP contribution is 1.92. The number of pyridine rings is 1. The van der Waals surface area contributed by atoms with Crippen LogP contribution in [-0.4, -0.2) is 17.0 Å². The maximum atomic E-state index is 9.09. The molecule has 0 unspecified atom stereocenters. The van der Waals surface area contributed by atoms with E-state index in [1.807, 2.05) is 13.8 Å². The van der Waals surface area contributed by atoms with Gasteiger partial charge in [-0.15, -0.1) is 0 Å². The minimum Gasteiger partial charge on any atom is -0.429 e. The lowest BCUT2D eigenvalue weighted by atomic mass is 10.2. The summed E-state index contributed by atoms with van der Waals surface area (Å²) in [4.78, 5) is 4.09. The molecule has 11 heavy (non-hydrogen) atoms. The molecular formula is C8H12N2O. The number of rotatable bonds is 0. The van der Waals surface area contributed by atoms with Gasteiger partial charge in [0.1, 0.15) is 0 Å². The summed E-state index contributed by atoms with van der Waals surface area (Å²) in [6.07, 6.45) is 3.27. The van der Waals surface area contributed by atoms with E-state index in [1.54, 1.807) is 19.4 Å². The molecule has 1 heterocycles. The van der Waals surface area contributed by atoms with E-state index in [0.29, 0.717) is 0 Å². The van der Waals surface area contributed by atoms with E-state index in [1.165, 1.54) is 0 Å². The van der Waals surface area contributed by atoms with Crippen LogP contribution in [0.5, 0.6) is 0 Å². The molecule has 60 valence electrons. The summed E-state index contributed by atoms with van der Waals surface area (Å²) in [5.41, 5.74) is 1.96. The highest BCUT2D eigenvalue weighted by atomic mass is 16.5. The van der Waals surface area contributed by atoms with Crippen molar-refractivity contribution in [2.75, 3.05) is 7.05 Å². The van der Waals surface area contributed by atoms with Crippen LogP contribution in [0.2, 0.25) is 0 Å². The summed E-state index contributed by atoms with van der Waals surface area (Å²) in [6.45, 7) is 3.84. The van der Waals surface area contributed by atoms with Crippen LogP contribution < -0.4 is 5.36 Å². The van der Waals surface area contributed by atoms with E-state index in [0.717, 1.165) is 21.2 Å². The van der Waals surface area contributed by atoms with Gasteiger partial charge < -0.3 is 5.21 Å². The summed E-state index contributed by atoms with van der Waals surface area (Å²) in [5.74, 6) is 0. The van der Waals surface area contributed by atoms with Gasteiger partial charge in [0.15, 0.2) is 0 Å². The summed E-state index contributed by atoms with van der Waals surface area (Å²) in [5, 5.41) is 10.0. The van der Waals surface area contributed by atoms with Crippen LogP contribution in [0.15, 0.2) is 17.4 Å². The monoisotopic (exact) mass is 152 g/mol. The smallest absolute Gasteiger partial charge is 0.0660 e. The fourth-order valence-corrected chi connectivity index (χ4v) is 1.22. The summed E-state index contributed by atoms with van der Waals surface area (Å²) in [7, 11) is 1.75. The van der Waals surface area contributed by atoms with Gasteiger partial charge in [-0.3, -0.25) is 4.99 Å². The van der Waals surface area contributed by atoms with Crippen molar-refractivity contribution in [1.29, 1.82) is 0 Å². The second-order valence-electron chi connectivity index (χ2n) is 2.58. The molecule has 1 rings (SSSR count). The predicted octanol–water partition coefficient (Wildman–Crippen LogP) is 0.873. The topological polar surface area (TPSA) is 37.5 Å². The van der Waals surface area contributed by atoms with Crippen LogP contribution in [0.25, 0.3) is 0 Å². The van der Waals surface area contributed by atoms with Gasteiger partial charge in [0, 0.05) is 19.4 Å². The van der Waals surface area contributed by atoms with Crippen LogP contribution in [0.3, 0.4) is 0 Å². The lowest BCUT2D eigenvalue weighted by molar-refractivity contribution is 0.183. The van der Waals surface area contributed by atoms with Crippen molar-refractivity contribution in [2.45, 2.75) is 13.8 Å². The quantitative estimate of drug-likeness (QED) is 0.550. The molecule has 0 aromatic carbocycles. The van der Waals surface area contributed by atoms with Crippen molar-refractivity contribution >= 4 is 0 Å². The lowest BCUT2D eigenvalue weighted by Crippen LogP contribution is -2.13. The molecule has 0 amide bonds. The standard InChI is InChI=1S/C8H12N2O/c1-6-4-10(11)5-7(2)8(6)9-3/h4-5,11H,1-3H3. The first-order valence-corrected chi connectivity index (χ1v) is 3.46. The molecule has 1 aromatic heterocycles. The Morgan fingerprint density at radius 3 is 2.09 bits per heavy atom. The Bertz CT molecular complexity index is 299. The number of hydrogen-bond donors (Lipinski definition) is 1. The van der Waals surface area contributed by atoms with Gasteiger partial charge >= 0.3 is 0 Å². The maximum Gasteiger partial charge on any atom is 0.0660 e. The van der Waals surface area contributed by atoms with Crippen molar-refractivity contribution in [3.05, 3.63) is 28.9 Å². The van der Waals surface area contributed by atoms with Crippen LogP contribution in [0.1, 0.15) is 11.1 Å². The highest BCUT2D eigenvalue weighted by Gasteiger charge is 1.95. The van der Waals surface area contributed by atoms with Gasteiger partial charge in [-0.2, -0.15) is 0 Å². The average molecular weight is 152 g/mol. The largest absolute Gasteiger partial charge is 0.429 e. The van der Waals surface area contributed by atoms with Crippen molar-refractivity contribution in [3.8, 4) is 0 Å². The van der Waals surface area contributed by atoms with Gasteiger partial charge in [0.05, 0.1) is 5.36 Å². The van der Waals surface area contributed by atoms with E-state index in [4.69, 9.17) is 5.21 Å². The molecule has 0 saturated carbocycles. The summed E-state index contributed by atoms with van der Waals surface area (Å²) < 4.78 is 1.05. The molecule has 0 saturated heterocycles. The molecule has 0 atom stereocenters. The fraction of sp³-hybridized carbons (Fsp3) is 0.375. The fourth-order valence-electron chi connectivity index (χ4n) is 1.22. The molecule has 1 N–H and O–H groups in total. The summed E-state index contributed by atoms with van der Waals surface area (Å²) >= 11 is 0. The lowest BCUT2D eigenvalue weighted by Gasteiger charge is -2.01. The molecule has 1 aromatic rings. The van der Waals surface area contributed by atoms with Crippen LogP contribution in [0.4, 0.5) is 0 Å². The third-order valence-corrected chi connectivity index (χ3v) is 1.62. The molecule has 0 aliphatic rings. The summed E-state index contributed by atoms with van der Waals surface area (Å²) in [6, 6.07) is 0. The number of aromatic nitrogens is 1. The third-order valence-electron chi connectivity index (χ3n) is 1.62. The molecule has 3 heteroatoms. The van der Waals surface area contributed by atoms with Gasteiger partial charge in [0.25, 0.3) is 0 Å². The second-order valence-corrected chi connectivity index (χ2v) is 2.58. The predicted molar refractivity (Wildman–Crippen MR) is 42.6 cm³/mol. The van der Waals surface area contributed by atoms with Gasteiger partial charge in [-0.05, 0) is 25.0 Å². The molecule has 0 fully saturated rings. The Kier molecular flexibility index (Phi) is 1.98. The first kappa shape index (κ1) is 7.85. The van der Waals surface area contributed by atoms with Gasteiger partial charge in [-0.1, -0.05) is 0 Å². The molecule has 0 aliphatic carbocycles.